The number of rotatable bonds is 11. The summed E-state index contributed by atoms with van der Waals surface area (Å²) in [6, 6.07) is 43.9. The first kappa shape index (κ1) is 26.5. The Morgan fingerprint density at radius 2 is 1.36 bits per heavy atom. The molecule has 5 aromatic rings. The van der Waals surface area contributed by atoms with E-state index in [4.69, 9.17) is 4.98 Å². The van der Waals surface area contributed by atoms with Gasteiger partial charge in [0.1, 0.15) is 0 Å². The van der Waals surface area contributed by atoms with Crippen molar-refractivity contribution < 1.29 is 0 Å². The molecule has 0 aliphatic rings. The molecule has 0 bridgehead atoms. The maximum atomic E-state index is 4.72. The van der Waals surface area contributed by atoms with Gasteiger partial charge in [0.05, 0.1) is 5.72 Å². The smallest absolute Gasteiger partial charge is 0.241 e. The largest absolute Gasteiger partial charge is 0.347 e. The van der Waals surface area contributed by atoms with Crippen molar-refractivity contribution >= 4 is 34.1 Å². The van der Waals surface area contributed by atoms with Crippen LogP contribution in [0.4, 0.5) is 0 Å². The fraction of sp³-hybridized carbons (Fsp3) is 0.114. The summed E-state index contributed by atoms with van der Waals surface area (Å²) in [4.78, 5) is 4.72. The van der Waals surface area contributed by atoms with Crippen molar-refractivity contribution in [2.75, 3.05) is 0 Å². The molecule has 39 heavy (non-hydrogen) atoms. The van der Waals surface area contributed by atoms with Crippen LogP contribution in [-0.4, -0.2) is 26.4 Å². The summed E-state index contributed by atoms with van der Waals surface area (Å²) < 4.78 is 2.33. The molecule has 1 heterocycles. The molecule has 0 spiro atoms. The van der Waals surface area contributed by atoms with Crippen LogP contribution >= 0.6 is 0 Å². The van der Waals surface area contributed by atoms with Crippen LogP contribution in [0.1, 0.15) is 35.1 Å². The molecule has 0 atom stereocenters. The van der Waals surface area contributed by atoms with Gasteiger partial charge in [-0.15, -0.1) is 0 Å². The van der Waals surface area contributed by atoms with Gasteiger partial charge in [-0.2, -0.15) is 0 Å². The van der Waals surface area contributed by atoms with Gasteiger partial charge in [0.15, 0.2) is 0 Å². The molecule has 5 rings (SSSR count). The lowest BCUT2D eigenvalue weighted by Crippen LogP contribution is -2.29. The Hall–Kier alpha value is -4.15. The van der Waals surface area contributed by atoms with Crippen molar-refractivity contribution in [2.24, 2.45) is 0 Å². The van der Waals surface area contributed by atoms with Gasteiger partial charge in [-0.3, -0.25) is 4.98 Å². The molecule has 4 heteroatoms. The number of nitrogens with zero attached hydrogens (tertiary/aromatic N) is 2. The average molecular weight is 522 g/mol. The van der Waals surface area contributed by atoms with Crippen molar-refractivity contribution in [3.05, 3.63) is 168 Å². The average Bonchev–Trinajstić information content (AvgIpc) is 3.44. The van der Waals surface area contributed by atoms with E-state index < -0.39 is 0 Å². The molecule has 2 nitrogen and oxygen atoms in total. The summed E-state index contributed by atoms with van der Waals surface area (Å²) in [7, 11) is 1.85. The fourth-order valence-electron chi connectivity index (χ4n) is 4.96. The van der Waals surface area contributed by atoms with Gasteiger partial charge in [-0.05, 0) is 35.2 Å². The summed E-state index contributed by atoms with van der Waals surface area (Å²) in [6.45, 7) is 2.29. The first-order valence-electron chi connectivity index (χ1n) is 13.7. The first-order chi connectivity index (χ1) is 19.3. The number of aromatic nitrogens is 2. The molecule has 0 amide bonds. The van der Waals surface area contributed by atoms with Gasteiger partial charge in [0.25, 0.3) is 0 Å². The Kier molecular flexibility index (Phi) is 9.22. The van der Waals surface area contributed by atoms with Gasteiger partial charge < -0.3 is 4.57 Å². The monoisotopic (exact) mass is 521 g/mol. The molecule has 0 saturated heterocycles. The van der Waals surface area contributed by atoms with Crippen LogP contribution in [0, 0.1) is 0 Å². The van der Waals surface area contributed by atoms with Gasteiger partial charge >= 0.3 is 0 Å². The molecule has 0 aliphatic carbocycles. The topological polar surface area (TPSA) is 17.8 Å². The van der Waals surface area contributed by atoms with Crippen molar-refractivity contribution in [1.82, 2.24) is 9.55 Å². The van der Waals surface area contributed by atoms with Gasteiger partial charge in [0.2, 0.25) is 7.28 Å². The van der Waals surface area contributed by atoms with E-state index in [1.807, 2.05) is 6.20 Å². The molecule has 0 saturated carbocycles. The molecular weight excluding hydrogens is 487 g/mol. The van der Waals surface area contributed by atoms with E-state index in [1.165, 1.54) is 39.3 Å². The zero-order valence-electron chi connectivity index (χ0n) is 22.5. The number of imidazole rings is 1. The van der Waals surface area contributed by atoms with E-state index in [1.54, 1.807) is 0 Å². The maximum Gasteiger partial charge on any atom is 0.241 e. The SMILES string of the molecule is CC(=CC(c1ccccc1)c1ccccc1)C[SiH2]Cn1ccnc1[B]C(=Cc1ccccc1)c1ccccc1. The minimum absolute atomic E-state index is 0.287. The van der Waals surface area contributed by atoms with Crippen LogP contribution in [-0.2, 0) is 6.17 Å². The fourth-order valence-corrected chi connectivity index (χ4v) is 6.56. The van der Waals surface area contributed by atoms with E-state index in [0.29, 0.717) is 0 Å². The third kappa shape index (κ3) is 7.46. The molecule has 1 radical (unpaired) electrons. The standard InChI is InChI=1S/C35H34BN2Si/c1-28(24-33(30-16-8-3-9-17-30)31-18-10-4-11-19-31)26-39-27-38-23-22-37-35(38)36-34(32-20-12-5-13-21-32)25-29-14-6-2-7-15-29/h2-25,33H,26-27,39H2,1H3. The molecular formula is C35H34BN2Si. The van der Waals surface area contributed by atoms with E-state index in [-0.39, 0.29) is 15.4 Å². The predicted octanol–water partition coefficient (Wildman–Crippen LogP) is 6.73. The molecule has 0 N–H and O–H groups in total. The van der Waals surface area contributed by atoms with Crippen LogP contribution < -0.4 is 5.72 Å². The number of benzene rings is 4. The zero-order chi connectivity index (χ0) is 26.7. The lowest BCUT2D eigenvalue weighted by atomic mass is 9.65. The van der Waals surface area contributed by atoms with Crippen LogP contribution in [0.15, 0.2) is 145 Å². The summed E-state index contributed by atoms with van der Waals surface area (Å²) in [5.74, 6) is 0.287. The Morgan fingerprint density at radius 3 is 1.97 bits per heavy atom. The van der Waals surface area contributed by atoms with Crippen molar-refractivity contribution in [3.8, 4) is 0 Å². The van der Waals surface area contributed by atoms with Gasteiger partial charge in [0, 0.05) is 34.0 Å². The molecule has 0 aliphatic heterocycles. The van der Waals surface area contributed by atoms with Crippen molar-refractivity contribution in [1.29, 1.82) is 0 Å². The maximum absolute atomic E-state index is 4.72. The minimum Gasteiger partial charge on any atom is -0.347 e. The van der Waals surface area contributed by atoms with E-state index >= 15 is 0 Å². The Bertz CT molecular complexity index is 1450. The lowest BCUT2D eigenvalue weighted by molar-refractivity contribution is 0.900. The van der Waals surface area contributed by atoms with Crippen molar-refractivity contribution in [3.63, 3.8) is 0 Å². The normalized spacial score (nSPS) is 12.4. The zero-order valence-corrected chi connectivity index (χ0v) is 23.9. The number of hydrogen-bond acceptors (Lipinski definition) is 1. The molecule has 191 valence electrons. The number of hydrogen-bond donors (Lipinski definition) is 0. The summed E-state index contributed by atoms with van der Waals surface area (Å²) in [6.07, 6.45) is 9.82. The van der Waals surface area contributed by atoms with Crippen LogP contribution in [0.2, 0.25) is 6.04 Å². The van der Waals surface area contributed by atoms with E-state index in [9.17, 15) is 0 Å². The quantitative estimate of drug-likeness (QED) is 0.107. The second-order valence-electron chi connectivity index (χ2n) is 9.92. The second-order valence-corrected chi connectivity index (χ2v) is 11.6. The molecule has 0 fully saturated rings. The predicted molar refractivity (Wildman–Crippen MR) is 170 cm³/mol. The highest BCUT2D eigenvalue weighted by Crippen LogP contribution is 2.27. The van der Waals surface area contributed by atoms with E-state index in [0.717, 1.165) is 11.9 Å². The van der Waals surface area contributed by atoms with Crippen LogP contribution in [0.25, 0.3) is 11.5 Å². The molecule has 4 aromatic carbocycles. The second kappa shape index (κ2) is 13.6. The summed E-state index contributed by atoms with van der Waals surface area (Å²) in [5, 5.41) is 0. The van der Waals surface area contributed by atoms with Crippen molar-refractivity contribution in [2.45, 2.75) is 25.1 Å². The third-order valence-corrected chi connectivity index (χ3v) is 8.94. The minimum atomic E-state index is -0.368. The van der Waals surface area contributed by atoms with Crippen LogP contribution in [0.5, 0.6) is 0 Å². The van der Waals surface area contributed by atoms with Gasteiger partial charge in [-0.25, -0.2) is 0 Å². The highest BCUT2D eigenvalue weighted by molar-refractivity contribution is 6.73. The number of allylic oxidation sites excluding steroid dienone is 2. The third-order valence-electron chi connectivity index (χ3n) is 7.00. The van der Waals surface area contributed by atoms with Gasteiger partial charge in [-0.1, -0.05) is 145 Å². The Morgan fingerprint density at radius 1 is 0.795 bits per heavy atom. The Labute approximate surface area is 235 Å². The van der Waals surface area contributed by atoms with E-state index in [2.05, 4.69) is 158 Å². The van der Waals surface area contributed by atoms with Crippen LogP contribution in [0.3, 0.4) is 0 Å². The Balaban J connectivity index is 1.28. The highest BCUT2D eigenvalue weighted by Gasteiger charge is 2.13. The first-order valence-corrected chi connectivity index (χ1v) is 15.7. The molecule has 0 unspecified atom stereocenters. The lowest BCUT2D eigenvalue weighted by Gasteiger charge is -2.16. The molecule has 1 aromatic heterocycles. The summed E-state index contributed by atoms with van der Waals surface area (Å²) >= 11 is 0. The highest BCUT2D eigenvalue weighted by atomic mass is 28.2. The summed E-state index contributed by atoms with van der Waals surface area (Å²) in [5.41, 5.74) is 8.72.